The molecule has 29 heavy (non-hydrogen) atoms. The molecule has 7 heteroatoms. The average molecular weight is 425 g/mol. The number of hydrogen-bond donors (Lipinski definition) is 1. The summed E-state index contributed by atoms with van der Waals surface area (Å²) in [6.45, 7) is 0.623. The number of fused-ring (bicyclic) bond motifs is 1. The number of rotatable bonds is 6. The summed E-state index contributed by atoms with van der Waals surface area (Å²) >= 11 is 12.4. The van der Waals surface area contributed by atoms with Gasteiger partial charge in [0.05, 0.1) is 11.0 Å². The summed E-state index contributed by atoms with van der Waals surface area (Å²) in [5.74, 6) is 0.683. The summed E-state index contributed by atoms with van der Waals surface area (Å²) in [6, 6.07) is 16.9. The van der Waals surface area contributed by atoms with Crippen molar-refractivity contribution in [2.45, 2.75) is 19.5 Å². The van der Waals surface area contributed by atoms with Gasteiger partial charge in [0.1, 0.15) is 12.4 Å². The first kappa shape index (κ1) is 19.4. The number of benzene rings is 2. The Morgan fingerprint density at radius 3 is 2.62 bits per heavy atom. The highest BCUT2D eigenvalue weighted by Gasteiger charge is 2.15. The van der Waals surface area contributed by atoms with Crippen molar-refractivity contribution < 1.29 is 4.79 Å². The SMILES string of the molecule is O=C(Cn1c(Cc2ccc(Cl)cc2Cl)nc2ccccc21)NCc1ccncc1. The molecule has 5 nitrogen and oxygen atoms in total. The zero-order valence-corrected chi connectivity index (χ0v) is 17.0. The third-order valence-electron chi connectivity index (χ3n) is 4.64. The van der Waals surface area contributed by atoms with E-state index in [4.69, 9.17) is 28.2 Å². The lowest BCUT2D eigenvalue weighted by Crippen LogP contribution is -2.27. The van der Waals surface area contributed by atoms with E-state index in [2.05, 4.69) is 10.3 Å². The summed E-state index contributed by atoms with van der Waals surface area (Å²) in [6.07, 6.45) is 3.92. The van der Waals surface area contributed by atoms with Crippen molar-refractivity contribution in [1.29, 1.82) is 0 Å². The molecular weight excluding hydrogens is 407 g/mol. The van der Waals surface area contributed by atoms with E-state index in [1.54, 1.807) is 24.5 Å². The van der Waals surface area contributed by atoms with Gasteiger partial charge in [-0.25, -0.2) is 4.98 Å². The Morgan fingerprint density at radius 1 is 1.03 bits per heavy atom. The van der Waals surface area contributed by atoms with Gasteiger partial charge in [-0.05, 0) is 47.5 Å². The van der Waals surface area contributed by atoms with Crippen LogP contribution in [0.1, 0.15) is 17.0 Å². The monoisotopic (exact) mass is 424 g/mol. The first-order chi connectivity index (χ1) is 14.1. The maximum Gasteiger partial charge on any atom is 0.240 e. The molecule has 0 fully saturated rings. The molecule has 0 saturated heterocycles. The zero-order chi connectivity index (χ0) is 20.2. The molecule has 0 aliphatic heterocycles. The Hall–Kier alpha value is -2.89. The van der Waals surface area contributed by atoms with E-state index in [-0.39, 0.29) is 12.5 Å². The zero-order valence-electron chi connectivity index (χ0n) is 15.5. The van der Waals surface area contributed by atoms with Crippen LogP contribution in [0.3, 0.4) is 0 Å². The Balaban J connectivity index is 1.58. The van der Waals surface area contributed by atoms with Gasteiger partial charge in [-0.3, -0.25) is 9.78 Å². The van der Waals surface area contributed by atoms with Crippen molar-refractivity contribution in [3.63, 3.8) is 0 Å². The summed E-state index contributed by atoms with van der Waals surface area (Å²) in [7, 11) is 0. The van der Waals surface area contributed by atoms with Gasteiger partial charge < -0.3 is 9.88 Å². The number of nitrogens with one attached hydrogen (secondary N) is 1. The molecule has 0 aliphatic rings. The second kappa shape index (κ2) is 8.64. The van der Waals surface area contributed by atoms with Gasteiger partial charge in [0.15, 0.2) is 0 Å². The summed E-state index contributed by atoms with van der Waals surface area (Å²) < 4.78 is 1.93. The lowest BCUT2D eigenvalue weighted by Gasteiger charge is -2.11. The molecule has 0 spiro atoms. The largest absolute Gasteiger partial charge is 0.350 e. The molecule has 0 radical (unpaired) electrons. The lowest BCUT2D eigenvalue weighted by atomic mass is 10.1. The molecule has 0 atom stereocenters. The molecule has 0 aliphatic carbocycles. The smallest absolute Gasteiger partial charge is 0.240 e. The Bertz CT molecular complexity index is 1160. The van der Waals surface area contributed by atoms with Crippen LogP contribution < -0.4 is 5.32 Å². The molecule has 4 aromatic rings. The Labute approximate surface area is 178 Å². The maximum absolute atomic E-state index is 12.6. The highest BCUT2D eigenvalue weighted by molar-refractivity contribution is 6.35. The van der Waals surface area contributed by atoms with Gasteiger partial charge in [-0.1, -0.05) is 41.4 Å². The average Bonchev–Trinajstić information content (AvgIpc) is 3.06. The fourth-order valence-electron chi connectivity index (χ4n) is 3.17. The van der Waals surface area contributed by atoms with E-state index < -0.39 is 0 Å². The number of imidazole rings is 1. The number of amides is 1. The molecule has 1 N–H and O–H groups in total. The van der Waals surface area contributed by atoms with E-state index in [0.29, 0.717) is 23.0 Å². The van der Waals surface area contributed by atoms with E-state index in [0.717, 1.165) is 28.0 Å². The van der Waals surface area contributed by atoms with Crippen molar-refractivity contribution in [2.24, 2.45) is 0 Å². The van der Waals surface area contributed by atoms with Crippen LogP contribution in [0, 0.1) is 0 Å². The van der Waals surface area contributed by atoms with Gasteiger partial charge in [0.2, 0.25) is 5.91 Å². The van der Waals surface area contributed by atoms with Crippen LogP contribution in [0.5, 0.6) is 0 Å². The number of aromatic nitrogens is 3. The van der Waals surface area contributed by atoms with E-state index >= 15 is 0 Å². The van der Waals surface area contributed by atoms with Crippen molar-refractivity contribution in [3.05, 3.63) is 94.0 Å². The number of para-hydroxylation sites is 2. The van der Waals surface area contributed by atoms with Crippen molar-refractivity contribution in [1.82, 2.24) is 19.9 Å². The number of hydrogen-bond acceptors (Lipinski definition) is 3. The first-order valence-corrected chi connectivity index (χ1v) is 9.89. The van der Waals surface area contributed by atoms with Crippen LogP contribution in [0.2, 0.25) is 10.0 Å². The molecule has 0 bridgehead atoms. The molecule has 2 heterocycles. The number of carbonyl (C=O) groups excluding carboxylic acids is 1. The quantitative estimate of drug-likeness (QED) is 0.490. The van der Waals surface area contributed by atoms with Gasteiger partial charge in [-0.15, -0.1) is 0 Å². The van der Waals surface area contributed by atoms with Gasteiger partial charge in [0.25, 0.3) is 0 Å². The van der Waals surface area contributed by atoms with Crippen LogP contribution in [0.4, 0.5) is 0 Å². The number of pyridine rings is 1. The fourth-order valence-corrected chi connectivity index (χ4v) is 3.65. The highest BCUT2D eigenvalue weighted by Crippen LogP contribution is 2.25. The van der Waals surface area contributed by atoms with Gasteiger partial charge in [-0.2, -0.15) is 0 Å². The summed E-state index contributed by atoms with van der Waals surface area (Å²) in [5.41, 5.74) is 3.66. The first-order valence-electron chi connectivity index (χ1n) is 9.14. The number of halogens is 2. The second-order valence-electron chi connectivity index (χ2n) is 6.65. The minimum absolute atomic E-state index is 0.0894. The van der Waals surface area contributed by atoms with Crippen LogP contribution in [-0.2, 0) is 24.3 Å². The molecule has 146 valence electrons. The topological polar surface area (TPSA) is 59.8 Å². The number of nitrogens with zero attached hydrogens (tertiary/aromatic N) is 3. The molecule has 0 unspecified atom stereocenters. The van der Waals surface area contributed by atoms with E-state index in [1.807, 2.05) is 47.0 Å². The van der Waals surface area contributed by atoms with Gasteiger partial charge in [0, 0.05) is 35.4 Å². The second-order valence-corrected chi connectivity index (χ2v) is 7.49. The molecular formula is C22H18Cl2N4O. The Kier molecular flexibility index (Phi) is 5.79. The molecule has 4 rings (SSSR count). The summed E-state index contributed by atoms with van der Waals surface area (Å²) in [5, 5.41) is 4.12. The number of carbonyl (C=O) groups is 1. The highest BCUT2D eigenvalue weighted by atomic mass is 35.5. The van der Waals surface area contributed by atoms with E-state index in [9.17, 15) is 4.79 Å². The molecule has 0 saturated carbocycles. The van der Waals surface area contributed by atoms with Crippen molar-refractivity contribution in [2.75, 3.05) is 0 Å². The fraction of sp³-hybridized carbons (Fsp3) is 0.136. The molecule has 2 aromatic heterocycles. The predicted molar refractivity (Wildman–Crippen MR) is 115 cm³/mol. The normalized spacial score (nSPS) is 11.0. The van der Waals surface area contributed by atoms with Crippen molar-refractivity contribution >= 4 is 40.1 Å². The van der Waals surface area contributed by atoms with Crippen LogP contribution in [0.15, 0.2) is 67.0 Å². The predicted octanol–water partition coefficient (Wildman–Crippen LogP) is 4.65. The van der Waals surface area contributed by atoms with Crippen LogP contribution in [0.25, 0.3) is 11.0 Å². The summed E-state index contributed by atoms with van der Waals surface area (Å²) in [4.78, 5) is 21.3. The third-order valence-corrected chi connectivity index (χ3v) is 5.22. The minimum Gasteiger partial charge on any atom is -0.350 e. The van der Waals surface area contributed by atoms with Crippen LogP contribution in [-0.4, -0.2) is 20.4 Å². The minimum atomic E-state index is -0.0894. The molecule has 2 aromatic carbocycles. The maximum atomic E-state index is 12.6. The lowest BCUT2D eigenvalue weighted by molar-refractivity contribution is -0.121. The molecule has 1 amide bonds. The van der Waals surface area contributed by atoms with Crippen LogP contribution >= 0.6 is 23.2 Å². The third kappa shape index (κ3) is 4.58. The van der Waals surface area contributed by atoms with E-state index in [1.165, 1.54) is 0 Å². The Morgan fingerprint density at radius 2 is 1.83 bits per heavy atom. The van der Waals surface area contributed by atoms with Crippen molar-refractivity contribution in [3.8, 4) is 0 Å². The van der Waals surface area contributed by atoms with Gasteiger partial charge >= 0.3 is 0 Å². The standard InChI is InChI=1S/C22H18Cl2N4O/c23-17-6-5-16(18(24)12-17)11-21-27-19-3-1-2-4-20(19)28(21)14-22(29)26-13-15-7-9-25-10-8-15/h1-10,12H,11,13-14H2,(H,26,29).